The van der Waals surface area contributed by atoms with Crippen molar-refractivity contribution in [2.45, 2.75) is 26.4 Å². The van der Waals surface area contributed by atoms with Crippen LogP contribution in [0.5, 0.6) is 11.5 Å². The molecular weight excluding hydrogens is 430 g/mol. The van der Waals surface area contributed by atoms with E-state index in [2.05, 4.69) is 26.2 Å². The molecule has 1 aromatic heterocycles. The number of rotatable bonds is 6. The third-order valence-electron chi connectivity index (χ3n) is 3.77. The number of nitrogens with two attached hydrogens (primary N) is 1. The first-order chi connectivity index (χ1) is 12.8. The first-order valence-electron chi connectivity index (χ1n) is 8.37. The lowest BCUT2D eigenvalue weighted by Crippen LogP contribution is -2.42. The molecule has 0 saturated carbocycles. The Balaban J connectivity index is 1.82. The Kier molecular flexibility index (Phi) is 5.57. The zero-order chi connectivity index (χ0) is 19.6. The van der Waals surface area contributed by atoms with Crippen molar-refractivity contribution in [2.75, 3.05) is 17.7 Å². The van der Waals surface area contributed by atoms with Crippen LogP contribution < -0.4 is 20.5 Å². The number of nitrogen functional groups attached to an aromatic ring is 1. The Labute approximate surface area is 169 Å². The quantitative estimate of drug-likeness (QED) is 0.562. The predicted octanol–water partition coefficient (Wildman–Crippen LogP) is 4.84. The number of carbonyl (C=O) groups excluding carboxylic acids is 1. The number of hydrogen-bond acceptors (Lipinski definition) is 6. The number of ether oxygens (including phenoxy) is 2. The van der Waals surface area contributed by atoms with Crippen LogP contribution in [0.1, 0.15) is 20.8 Å². The van der Waals surface area contributed by atoms with Crippen LogP contribution in [0.2, 0.25) is 0 Å². The van der Waals surface area contributed by atoms with E-state index in [0.29, 0.717) is 34.4 Å². The fourth-order valence-corrected chi connectivity index (χ4v) is 3.53. The number of halogens is 1. The van der Waals surface area contributed by atoms with Crippen LogP contribution in [0.15, 0.2) is 40.9 Å². The number of benzene rings is 2. The second-order valence-corrected chi connectivity index (χ2v) is 8.30. The van der Waals surface area contributed by atoms with Crippen molar-refractivity contribution < 1.29 is 14.3 Å². The minimum Gasteiger partial charge on any atom is -0.491 e. The Morgan fingerprint density at radius 3 is 2.67 bits per heavy atom. The highest BCUT2D eigenvalue weighted by Crippen LogP contribution is 2.35. The van der Waals surface area contributed by atoms with E-state index in [4.69, 9.17) is 15.2 Å². The van der Waals surface area contributed by atoms with Crippen molar-refractivity contribution >= 4 is 54.2 Å². The highest BCUT2D eigenvalue weighted by atomic mass is 79.9. The first-order valence-corrected chi connectivity index (χ1v) is 9.98. The smallest absolute Gasteiger partial charge is 0.267 e. The van der Waals surface area contributed by atoms with Gasteiger partial charge < -0.3 is 20.5 Å². The van der Waals surface area contributed by atoms with Gasteiger partial charge in [-0.25, -0.2) is 4.98 Å². The SMILES string of the molecule is CCOc1cc(NC(=O)C(C)(C)Oc2ccc(Br)cc2)cc2sc(N)nc12. The number of anilines is 2. The third kappa shape index (κ3) is 4.51. The van der Waals surface area contributed by atoms with Gasteiger partial charge in [0.2, 0.25) is 0 Å². The molecule has 1 amide bonds. The monoisotopic (exact) mass is 449 g/mol. The molecule has 142 valence electrons. The molecule has 0 bridgehead atoms. The summed E-state index contributed by atoms with van der Waals surface area (Å²) in [5.74, 6) is 0.925. The molecule has 0 atom stereocenters. The minimum atomic E-state index is -1.07. The Bertz CT molecular complexity index is 970. The highest BCUT2D eigenvalue weighted by molar-refractivity contribution is 9.10. The number of amides is 1. The molecule has 0 aliphatic rings. The van der Waals surface area contributed by atoms with Crippen LogP contribution in [0.3, 0.4) is 0 Å². The van der Waals surface area contributed by atoms with Gasteiger partial charge in [0.1, 0.15) is 17.0 Å². The van der Waals surface area contributed by atoms with E-state index in [1.807, 2.05) is 25.1 Å². The van der Waals surface area contributed by atoms with E-state index in [1.165, 1.54) is 11.3 Å². The third-order valence-corrected chi connectivity index (χ3v) is 5.13. The van der Waals surface area contributed by atoms with Gasteiger partial charge in [0.05, 0.1) is 11.3 Å². The number of nitrogens with zero attached hydrogens (tertiary/aromatic N) is 1. The maximum Gasteiger partial charge on any atom is 0.267 e. The van der Waals surface area contributed by atoms with Crippen molar-refractivity contribution in [3.63, 3.8) is 0 Å². The lowest BCUT2D eigenvalue weighted by molar-refractivity contribution is -0.128. The van der Waals surface area contributed by atoms with E-state index in [9.17, 15) is 4.79 Å². The zero-order valence-corrected chi connectivity index (χ0v) is 17.6. The van der Waals surface area contributed by atoms with Crippen LogP contribution in [0, 0.1) is 0 Å². The number of carbonyl (C=O) groups is 1. The second kappa shape index (κ2) is 7.74. The Hall–Kier alpha value is -2.32. The molecule has 0 fully saturated rings. The van der Waals surface area contributed by atoms with Crippen LogP contribution in [-0.2, 0) is 4.79 Å². The van der Waals surface area contributed by atoms with Crippen LogP contribution in [0.4, 0.5) is 10.8 Å². The average Bonchev–Trinajstić information content (AvgIpc) is 2.97. The lowest BCUT2D eigenvalue weighted by Gasteiger charge is -2.25. The molecule has 0 unspecified atom stereocenters. The van der Waals surface area contributed by atoms with Gasteiger partial charge in [-0.15, -0.1) is 0 Å². The normalized spacial score (nSPS) is 11.4. The van der Waals surface area contributed by atoms with Gasteiger partial charge in [-0.1, -0.05) is 27.3 Å². The molecule has 0 saturated heterocycles. The molecule has 8 heteroatoms. The molecule has 3 aromatic rings. The number of aromatic nitrogens is 1. The maximum absolute atomic E-state index is 12.8. The Morgan fingerprint density at radius 2 is 2.00 bits per heavy atom. The maximum atomic E-state index is 12.8. The van der Waals surface area contributed by atoms with Gasteiger partial charge >= 0.3 is 0 Å². The topological polar surface area (TPSA) is 86.5 Å². The van der Waals surface area contributed by atoms with Gasteiger partial charge in [0, 0.05) is 16.2 Å². The Morgan fingerprint density at radius 1 is 1.30 bits per heavy atom. The molecule has 0 spiro atoms. The van der Waals surface area contributed by atoms with Crippen LogP contribution in [-0.4, -0.2) is 23.1 Å². The standard InChI is InChI=1S/C19H20BrN3O3S/c1-4-25-14-9-12(10-15-16(14)23-18(21)27-15)22-17(24)19(2,3)26-13-7-5-11(20)6-8-13/h5-10H,4H2,1-3H3,(H2,21,23)(H,22,24). The van der Waals surface area contributed by atoms with Gasteiger partial charge in [-0.2, -0.15) is 0 Å². The molecular formula is C19H20BrN3O3S. The van der Waals surface area contributed by atoms with E-state index < -0.39 is 5.60 Å². The molecule has 2 aromatic carbocycles. The van der Waals surface area contributed by atoms with E-state index in [-0.39, 0.29) is 5.91 Å². The largest absolute Gasteiger partial charge is 0.491 e. The summed E-state index contributed by atoms with van der Waals surface area (Å²) in [6, 6.07) is 10.9. The van der Waals surface area contributed by atoms with Crippen molar-refractivity contribution in [3.05, 3.63) is 40.9 Å². The second-order valence-electron chi connectivity index (χ2n) is 6.33. The molecule has 0 aliphatic carbocycles. The van der Waals surface area contributed by atoms with E-state index in [1.54, 1.807) is 32.0 Å². The van der Waals surface area contributed by atoms with Crippen LogP contribution >= 0.6 is 27.3 Å². The van der Waals surface area contributed by atoms with Crippen molar-refractivity contribution in [2.24, 2.45) is 0 Å². The van der Waals surface area contributed by atoms with Crippen molar-refractivity contribution in [1.29, 1.82) is 0 Å². The predicted molar refractivity (Wildman–Crippen MR) is 113 cm³/mol. The molecule has 0 aliphatic heterocycles. The number of hydrogen-bond donors (Lipinski definition) is 2. The summed E-state index contributed by atoms with van der Waals surface area (Å²) in [4.78, 5) is 17.1. The van der Waals surface area contributed by atoms with Gasteiger partial charge in [-0.05, 0) is 51.1 Å². The number of fused-ring (bicyclic) bond motifs is 1. The lowest BCUT2D eigenvalue weighted by atomic mass is 10.1. The molecule has 1 heterocycles. The molecule has 0 radical (unpaired) electrons. The molecule has 3 rings (SSSR count). The van der Waals surface area contributed by atoms with Crippen molar-refractivity contribution in [1.82, 2.24) is 4.98 Å². The molecule has 27 heavy (non-hydrogen) atoms. The number of nitrogens with one attached hydrogen (secondary N) is 1. The summed E-state index contributed by atoms with van der Waals surface area (Å²) < 4.78 is 13.3. The summed E-state index contributed by atoms with van der Waals surface area (Å²) in [6.45, 7) is 5.82. The highest BCUT2D eigenvalue weighted by Gasteiger charge is 2.30. The summed E-state index contributed by atoms with van der Waals surface area (Å²) in [6.07, 6.45) is 0. The molecule has 3 N–H and O–H groups in total. The van der Waals surface area contributed by atoms with Gasteiger partial charge in [0.25, 0.3) is 5.91 Å². The van der Waals surface area contributed by atoms with Crippen molar-refractivity contribution in [3.8, 4) is 11.5 Å². The summed E-state index contributed by atoms with van der Waals surface area (Å²) in [7, 11) is 0. The van der Waals surface area contributed by atoms with Crippen LogP contribution in [0.25, 0.3) is 10.2 Å². The van der Waals surface area contributed by atoms with E-state index >= 15 is 0 Å². The summed E-state index contributed by atoms with van der Waals surface area (Å²) in [5, 5.41) is 3.35. The van der Waals surface area contributed by atoms with Gasteiger partial charge in [0.15, 0.2) is 10.7 Å². The fraction of sp³-hybridized carbons (Fsp3) is 0.263. The van der Waals surface area contributed by atoms with Gasteiger partial charge in [-0.3, -0.25) is 4.79 Å². The summed E-state index contributed by atoms with van der Waals surface area (Å²) >= 11 is 4.72. The minimum absolute atomic E-state index is 0.273. The average molecular weight is 450 g/mol. The van der Waals surface area contributed by atoms with E-state index in [0.717, 1.165) is 9.17 Å². The fourth-order valence-electron chi connectivity index (χ4n) is 2.48. The first kappa shape index (κ1) is 19.4. The number of thiazole rings is 1. The zero-order valence-electron chi connectivity index (χ0n) is 15.2. The summed E-state index contributed by atoms with van der Waals surface area (Å²) in [5.41, 5.74) is 6.05. The molecule has 6 nitrogen and oxygen atoms in total.